The summed E-state index contributed by atoms with van der Waals surface area (Å²) in [7, 11) is -0.390. The quantitative estimate of drug-likeness (QED) is 0.186. The molecule has 0 radical (unpaired) electrons. The van der Waals surface area contributed by atoms with E-state index in [0.29, 0.717) is 16.7 Å². The van der Waals surface area contributed by atoms with Crippen LogP contribution in [0.3, 0.4) is 0 Å². The minimum absolute atomic E-state index is 0.0416. The van der Waals surface area contributed by atoms with Crippen molar-refractivity contribution in [1.29, 1.82) is 0 Å². The lowest BCUT2D eigenvalue weighted by Gasteiger charge is -2.10. The first-order chi connectivity index (χ1) is 16.8. The Hall–Kier alpha value is -3.41. The smallest absolute Gasteiger partial charge is 0.166 e. The third-order valence-electron chi connectivity index (χ3n) is 5.55. The number of ketones is 3. The number of hydrogen-bond donors (Lipinski definition) is 0. The molecule has 35 heavy (non-hydrogen) atoms. The number of rotatable bonds is 8. The Kier molecular flexibility index (Phi) is 7.69. The molecule has 3 nitrogen and oxygen atoms in total. The lowest BCUT2D eigenvalue weighted by Crippen LogP contribution is -2.06. The highest BCUT2D eigenvalue weighted by Crippen LogP contribution is 2.34. The summed E-state index contributed by atoms with van der Waals surface area (Å²) in [6.07, 6.45) is 0. The molecule has 0 unspecified atom stereocenters. The molecule has 5 heteroatoms. The van der Waals surface area contributed by atoms with Gasteiger partial charge in [-0.05, 0) is 106 Å². The largest absolute Gasteiger partial charge is 0.295 e. The molecule has 0 saturated heterocycles. The Balaban J connectivity index is 1.65. The van der Waals surface area contributed by atoms with E-state index in [9.17, 15) is 14.4 Å². The van der Waals surface area contributed by atoms with E-state index < -0.39 is 10.9 Å². The van der Waals surface area contributed by atoms with Crippen LogP contribution in [0.4, 0.5) is 0 Å². The standard InChI is InChI=1S/C30H25O3S2/c1-20(31)23-4-10-26(11-5-23)34-27-12-18-30(19-13-27)35(28-14-6-24(7-15-28)21(2)32)29-16-8-25(9-17-29)22(3)33/h4-19H,1-3H3/q+1. The molecule has 0 atom stereocenters. The zero-order valence-electron chi connectivity index (χ0n) is 19.8. The van der Waals surface area contributed by atoms with Gasteiger partial charge in [0, 0.05) is 26.5 Å². The van der Waals surface area contributed by atoms with Crippen LogP contribution >= 0.6 is 11.8 Å². The Morgan fingerprint density at radius 2 is 0.714 bits per heavy atom. The lowest BCUT2D eigenvalue weighted by molar-refractivity contribution is 0.100. The van der Waals surface area contributed by atoms with E-state index in [-0.39, 0.29) is 17.3 Å². The highest BCUT2D eigenvalue weighted by atomic mass is 32.2. The fourth-order valence-corrected chi connectivity index (χ4v) is 6.45. The third kappa shape index (κ3) is 5.99. The SMILES string of the molecule is CC(=O)c1ccc(Sc2ccc([S+](c3ccc(C(C)=O)cc3)c3ccc(C(C)=O)cc3)cc2)cc1. The normalized spacial score (nSPS) is 10.9. The molecule has 0 bridgehead atoms. The Bertz CT molecular complexity index is 1300. The van der Waals surface area contributed by atoms with Gasteiger partial charge in [-0.3, -0.25) is 14.4 Å². The fraction of sp³-hybridized carbons (Fsp3) is 0.100. The minimum Gasteiger partial charge on any atom is -0.295 e. The number of carbonyl (C=O) groups excluding carboxylic acids is 3. The zero-order chi connectivity index (χ0) is 24.9. The molecule has 0 aliphatic rings. The molecule has 0 amide bonds. The van der Waals surface area contributed by atoms with Gasteiger partial charge < -0.3 is 0 Å². The Morgan fingerprint density at radius 3 is 1.03 bits per heavy atom. The van der Waals surface area contributed by atoms with Gasteiger partial charge in [-0.1, -0.05) is 23.9 Å². The average molecular weight is 498 g/mol. The summed E-state index contributed by atoms with van der Waals surface area (Å²) in [6, 6.07) is 31.6. The Labute approximate surface area is 212 Å². The molecule has 4 rings (SSSR count). The van der Waals surface area contributed by atoms with Crippen molar-refractivity contribution < 1.29 is 14.4 Å². The van der Waals surface area contributed by atoms with E-state index in [2.05, 4.69) is 24.3 Å². The van der Waals surface area contributed by atoms with Gasteiger partial charge in [0.25, 0.3) is 0 Å². The van der Waals surface area contributed by atoms with Crippen LogP contribution in [0.15, 0.2) is 122 Å². The van der Waals surface area contributed by atoms with Crippen LogP contribution in [0, 0.1) is 0 Å². The maximum atomic E-state index is 11.8. The molecular formula is C30H25O3S2+. The van der Waals surface area contributed by atoms with E-state index in [4.69, 9.17) is 0 Å². The topological polar surface area (TPSA) is 51.2 Å². The van der Waals surface area contributed by atoms with Crippen molar-refractivity contribution in [3.63, 3.8) is 0 Å². The Morgan fingerprint density at radius 1 is 0.457 bits per heavy atom. The van der Waals surface area contributed by atoms with Gasteiger partial charge in [-0.2, -0.15) is 0 Å². The van der Waals surface area contributed by atoms with Crippen molar-refractivity contribution in [2.45, 2.75) is 45.2 Å². The summed E-state index contributed by atoms with van der Waals surface area (Å²) in [5, 5.41) is 0. The molecule has 0 aliphatic carbocycles. The number of hydrogen-bond acceptors (Lipinski definition) is 4. The second-order valence-electron chi connectivity index (χ2n) is 8.12. The van der Waals surface area contributed by atoms with E-state index in [1.54, 1.807) is 32.5 Å². The summed E-state index contributed by atoms with van der Waals surface area (Å²) in [6.45, 7) is 4.71. The van der Waals surface area contributed by atoms with Crippen LogP contribution in [0.5, 0.6) is 0 Å². The van der Waals surface area contributed by atoms with E-state index in [1.165, 1.54) is 0 Å². The lowest BCUT2D eigenvalue weighted by atomic mass is 10.1. The highest BCUT2D eigenvalue weighted by molar-refractivity contribution is 7.99. The van der Waals surface area contributed by atoms with Crippen LogP contribution in [0.2, 0.25) is 0 Å². The molecule has 0 fully saturated rings. The predicted molar refractivity (Wildman–Crippen MR) is 142 cm³/mol. The number of Topliss-reactive ketones (excluding diaryl/α,β-unsaturated/α-hetero) is 3. The van der Waals surface area contributed by atoms with Gasteiger partial charge in [0.15, 0.2) is 32.0 Å². The van der Waals surface area contributed by atoms with Crippen LogP contribution in [0.1, 0.15) is 51.8 Å². The maximum Gasteiger partial charge on any atom is 0.166 e. The molecule has 0 heterocycles. The van der Waals surface area contributed by atoms with Crippen molar-refractivity contribution in [3.05, 3.63) is 114 Å². The van der Waals surface area contributed by atoms with Gasteiger partial charge >= 0.3 is 0 Å². The second kappa shape index (κ2) is 10.9. The average Bonchev–Trinajstić information content (AvgIpc) is 2.86. The molecule has 0 aromatic heterocycles. The third-order valence-corrected chi connectivity index (χ3v) is 8.80. The summed E-state index contributed by atoms with van der Waals surface area (Å²) in [5.74, 6) is 0.144. The number of benzene rings is 4. The van der Waals surface area contributed by atoms with Crippen molar-refractivity contribution in [1.82, 2.24) is 0 Å². The van der Waals surface area contributed by atoms with E-state index in [0.717, 1.165) is 24.5 Å². The van der Waals surface area contributed by atoms with E-state index >= 15 is 0 Å². The zero-order valence-corrected chi connectivity index (χ0v) is 21.4. The van der Waals surface area contributed by atoms with Crippen LogP contribution in [0.25, 0.3) is 0 Å². The van der Waals surface area contributed by atoms with Crippen LogP contribution < -0.4 is 0 Å². The van der Waals surface area contributed by atoms with Crippen molar-refractivity contribution in [2.75, 3.05) is 0 Å². The molecule has 0 spiro atoms. The van der Waals surface area contributed by atoms with Gasteiger partial charge in [0.1, 0.15) is 0 Å². The molecule has 174 valence electrons. The highest BCUT2D eigenvalue weighted by Gasteiger charge is 2.29. The summed E-state index contributed by atoms with van der Waals surface area (Å²) < 4.78 is 0. The first-order valence-electron chi connectivity index (χ1n) is 11.2. The molecule has 0 saturated carbocycles. The molecule has 0 N–H and O–H groups in total. The first kappa shape index (κ1) is 24.7. The fourth-order valence-electron chi connectivity index (χ4n) is 3.60. The first-order valence-corrected chi connectivity index (χ1v) is 13.2. The summed E-state index contributed by atoms with van der Waals surface area (Å²) >= 11 is 1.65. The molecule has 0 aliphatic heterocycles. The predicted octanol–water partition coefficient (Wildman–Crippen LogP) is 7.54. The van der Waals surface area contributed by atoms with Gasteiger partial charge in [-0.15, -0.1) is 0 Å². The van der Waals surface area contributed by atoms with Crippen LogP contribution in [-0.4, -0.2) is 17.3 Å². The number of carbonyl (C=O) groups is 3. The minimum atomic E-state index is -0.390. The molecule has 4 aromatic carbocycles. The maximum absolute atomic E-state index is 11.8. The van der Waals surface area contributed by atoms with Crippen molar-refractivity contribution >= 4 is 40.0 Å². The van der Waals surface area contributed by atoms with Crippen LogP contribution in [-0.2, 0) is 10.9 Å². The van der Waals surface area contributed by atoms with Crippen molar-refractivity contribution in [2.24, 2.45) is 0 Å². The monoisotopic (exact) mass is 497 g/mol. The molecule has 4 aromatic rings. The summed E-state index contributed by atoms with van der Waals surface area (Å²) in [4.78, 5) is 40.6. The van der Waals surface area contributed by atoms with Gasteiger partial charge in [0.2, 0.25) is 0 Å². The van der Waals surface area contributed by atoms with Gasteiger partial charge in [0.05, 0.1) is 10.9 Å². The molecular weight excluding hydrogens is 472 g/mol. The van der Waals surface area contributed by atoms with E-state index in [1.807, 2.05) is 72.8 Å². The van der Waals surface area contributed by atoms with Gasteiger partial charge in [-0.25, -0.2) is 0 Å². The summed E-state index contributed by atoms with van der Waals surface area (Å²) in [5.41, 5.74) is 2.08. The van der Waals surface area contributed by atoms with Crippen molar-refractivity contribution in [3.8, 4) is 0 Å². The second-order valence-corrected chi connectivity index (χ2v) is 11.3.